The number of carbonyl (C=O) groups excluding carboxylic acids is 2. The number of esters is 2. The van der Waals surface area contributed by atoms with Crippen LogP contribution in [0, 0.1) is 20.8 Å². The average molecular weight is 543 g/mol. The number of aryl methyl sites for hydroxylation is 3. The van der Waals surface area contributed by atoms with Gasteiger partial charge in [-0.05, 0) is 46.2 Å². The molecular weight excluding hydrogens is 508 g/mol. The second kappa shape index (κ2) is 13.5. The molecule has 1 unspecified atom stereocenters. The van der Waals surface area contributed by atoms with E-state index in [0.29, 0.717) is 47.2 Å². The van der Waals surface area contributed by atoms with E-state index in [1.807, 2.05) is 20.8 Å². The molecule has 0 saturated carbocycles. The molecular formula is C28H35ClN4O5. The number of rotatable bonds is 11. The summed E-state index contributed by atoms with van der Waals surface area (Å²) in [6.45, 7) is 11.1. The number of hydrogen-bond acceptors (Lipinski definition) is 9. The SMILES string of the molecule is CCOC(=O)C1=C(COCCNCc2nc(C)c(C)nc2C)NC(C)=C(C(=O)OC)C1c1ccccc1Cl. The van der Waals surface area contributed by atoms with Crippen LogP contribution in [-0.2, 0) is 30.3 Å². The number of carbonyl (C=O) groups is 2. The third-order valence-corrected chi connectivity index (χ3v) is 6.65. The van der Waals surface area contributed by atoms with E-state index in [1.54, 1.807) is 38.1 Å². The van der Waals surface area contributed by atoms with Crippen molar-refractivity contribution in [3.8, 4) is 0 Å². The van der Waals surface area contributed by atoms with Crippen LogP contribution in [0.15, 0.2) is 46.8 Å². The second-order valence-electron chi connectivity index (χ2n) is 8.88. The molecule has 38 heavy (non-hydrogen) atoms. The topological polar surface area (TPSA) is 112 Å². The van der Waals surface area contributed by atoms with E-state index in [4.69, 9.17) is 25.8 Å². The van der Waals surface area contributed by atoms with Crippen LogP contribution in [-0.4, -0.2) is 55.4 Å². The van der Waals surface area contributed by atoms with Crippen molar-refractivity contribution >= 4 is 23.5 Å². The van der Waals surface area contributed by atoms with Gasteiger partial charge in [0.15, 0.2) is 0 Å². The number of dihydropyridines is 1. The normalized spacial score (nSPS) is 15.4. The summed E-state index contributed by atoms with van der Waals surface area (Å²) < 4.78 is 16.4. The first-order chi connectivity index (χ1) is 18.2. The van der Waals surface area contributed by atoms with Gasteiger partial charge in [0.05, 0.1) is 72.5 Å². The van der Waals surface area contributed by atoms with Gasteiger partial charge >= 0.3 is 11.9 Å². The van der Waals surface area contributed by atoms with Gasteiger partial charge in [0.25, 0.3) is 0 Å². The number of benzene rings is 1. The molecule has 9 nitrogen and oxygen atoms in total. The summed E-state index contributed by atoms with van der Waals surface area (Å²) in [6.07, 6.45) is 0. The first-order valence-electron chi connectivity index (χ1n) is 12.5. The summed E-state index contributed by atoms with van der Waals surface area (Å²) in [5.41, 5.74) is 5.84. The van der Waals surface area contributed by atoms with Gasteiger partial charge in [-0.15, -0.1) is 0 Å². The summed E-state index contributed by atoms with van der Waals surface area (Å²) in [7, 11) is 1.30. The minimum Gasteiger partial charge on any atom is -0.466 e. The minimum absolute atomic E-state index is 0.102. The molecule has 1 atom stereocenters. The minimum atomic E-state index is -0.778. The molecule has 0 aliphatic carbocycles. The lowest BCUT2D eigenvalue weighted by molar-refractivity contribution is -0.139. The van der Waals surface area contributed by atoms with Gasteiger partial charge in [0.1, 0.15) is 0 Å². The van der Waals surface area contributed by atoms with Gasteiger partial charge < -0.3 is 24.8 Å². The monoisotopic (exact) mass is 542 g/mol. The van der Waals surface area contributed by atoms with Crippen molar-refractivity contribution in [1.82, 2.24) is 20.6 Å². The molecule has 0 radical (unpaired) electrons. The average Bonchev–Trinajstić information content (AvgIpc) is 2.88. The Kier molecular flexibility index (Phi) is 10.4. The Morgan fingerprint density at radius 1 is 1.03 bits per heavy atom. The molecule has 0 saturated heterocycles. The van der Waals surface area contributed by atoms with Crippen LogP contribution < -0.4 is 10.6 Å². The highest BCUT2D eigenvalue weighted by Crippen LogP contribution is 2.41. The Hall–Kier alpha value is -3.27. The van der Waals surface area contributed by atoms with Crippen LogP contribution in [0.4, 0.5) is 0 Å². The van der Waals surface area contributed by atoms with Crippen LogP contribution in [0.3, 0.4) is 0 Å². The molecule has 1 aliphatic heterocycles. The first-order valence-corrected chi connectivity index (χ1v) is 12.9. The Morgan fingerprint density at radius 2 is 1.74 bits per heavy atom. The predicted molar refractivity (Wildman–Crippen MR) is 144 cm³/mol. The third kappa shape index (κ3) is 6.78. The molecule has 204 valence electrons. The van der Waals surface area contributed by atoms with Gasteiger partial charge in [-0.2, -0.15) is 0 Å². The number of hydrogen-bond donors (Lipinski definition) is 2. The van der Waals surface area contributed by atoms with E-state index >= 15 is 0 Å². The van der Waals surface area contributed by atoms with Gasteiger partial charge in [-0.3, -0.25) is 9.97 Å². The van der Waals surface area contributed by atoms with Crippen LogP contribution in [0.2, 0.25) is 5.02 Å². The van der Waals surface area contributed by atoms with E-state index in [9.17, 15) is 9.59 Å². The molecule has 0 fully saturated rings. The van der Waals surface area contributed by atoms with Crippen molar-refractivity contribution in [3.63, 3.8) is 0 Å². The van der Waals surface area contributed by atoms with Crippen LogP contribution in [0.25, 0.3) is 0 Å². The lowest BCUT2D eigenvalue weighted by atomic mass is 9.80. The maximum atomic E-state index is 13.2. The van der Waals surface area contributed by atoms with Crippen molar-refractivity contribution in [2.45, 2.75) is 47.1 Å². The highest BCUT2D eigenvalue weighted by molar-refractivity contribution is 6.31. The summed E-state index contributed by atoms with van der Waals surface area (Å²) in [5.74, 6) is -1.89. The largest absolute Gasteiger partial charge is 0.466 e. The number of methoxy groups -OCH3 is 1. The summed E-state index contributed by atoms with van der Waals surface area (Å²) in [6, 6.07) is 7.10. The molecule has 0 bridgehead atoms. The molecule has 1 aliphatic rings. The molecule has 2 heterocycles. The van der Waals surface area contributed by atoms with Crippen molar-refractivity contribution in [2.24, 2.45) is 0 Å². The number of nitrogens with zero attached hydrogens (tertiary/aromatic N) is 2. The fourth-order valence-corrected chi connectivity index (χ4v) is 4.56. The number of ether oxygens (including phenoxy) is 3. The van der Waals surface area contributed by atoms with Crippen molar-refractivity contribution in [1.29, 1.82) is 0 Å². The smallest absolute Gasteiger partial charge is 0.336 e. The number of aromatic nitrogens is 2. The predicted octanol–water partition coefficient (Wildman–Crippen LogP) is 3.81. The number of halogens is 1. The van der Waals surface area contributed by atoms with E-state index in [2.05, 4.69) is 20.6 Å². The molecule has 1 aromatic carbocycles. The molecule has 1 aromatic heterocycles. The van der Waals surface area contributed by atoms with Crippen LogP contribution in [0.5, 0.6) is 0 Å². The fourth-order valence-electron chi connectivity index (χ4n) is 4.31. The summed E-state index contributed by atoms with van der Waals surface area (Å²) >= 11 is 6.54. The molecule has 2 N–H and O–H groups in total. The van der Waals surface area contributed by atoms with Crippen molar-refractivity contribution in [2.75, 3.05) is 33.5 Å². The molecule has 2 aromatic rings. The zero-order valence-electron chi connectivity index (χ0n) is 22.7. The van der Waals surface area contributed by atoms with Crippen LogP contribution in [0.1, 0.15) is 48.1 Å². The first kappa shape index (κ1) is 29.3. The van der Waals surface area contributed by atoms with Crippen LogP contribution >= 0.6 is 11.6 Å². The highest BCUT2D eigenvalue weighted by Gasteiger charge is 2.39. The lowest BCUT2D eigenvalue weighted by Gasteiger charge is -2.31. The Balaban J connectivity index is 1.80. The van der Waals surface area contributed by atoms with Crippen molar-refractivity contribution < 1.29 is 23.8 Å². The number of allylic oxidation sites excluding steroid dienone is 1. The van der Waals surface area contributed by atoms with E-state index in [0.717, 1.165) is 22.8 Å². The maximum Gasteiger partial charge on any atom is 0.336 e. The third-order valence-electron chi connectivity index (χ3n) is 6.30. The summed E-state index contributed by atoms with van der Waals surface area (Å²) in [5, 5.41) is 6.92. The fraction of sp³-hybridized carbons (Fsp3) is 0.429. The quantitative estimate of drug-likeness (QED) is 0.323. The van der Waals surface area contributed by atoms with E-state index in [-0.39, 0.29) is 18.8 Å². The Bertz CT molecular complexity index is 1260. The maximum absolute atomic E-state index is 13.2. The van der Waals surface area contributed by atoms with Gasteiger partial charge in [-0.25, -0.2) is 9.59 Å². The Morgan fingerprint density at radius 3 is 2.42 bits per heavy atom. The molecule has 0 spiro atoms. The van der Waals surface area contributed by atoms with Gasteiger partial charge in [0.2, 0.25) is 0 Å². The van der Waals surface area contributed by atoms with Gasteiger partial charge in [0, 0.05) is 23.8 Å². The number of nitrogens with one attached hydrogen (secondary N) is 2. The summed E-state index contributed by atoms with van der Waals surface area (Å²) in [4.78, 5) is 35.2. The zero-order chi connectivity index (χ0) is 27.8. The zero-order valence-corrected chi connectivity index (χ0v) is 23.5. The van der Waals surface area contributed by atoms with E-state index < -0.39 is 17.9 Å². The molecule has 0 amide bonds. The second-order valence-corrected chi connectivity index (χ2v) is 9.29. The van der Waals surface area contributed by atoms with Crippen molar-refractivity contribution in [3.05, 3.63) is 80.2 Å². The molecule has 3 rings (SSSR count). The molecule has 10 heteroatoms. The van der Waals surface area contributed by atoms with E-state index in [1.165, 1.54) is 7.11 Å². The lowest BCUT2D eigenvalue weighted by Crippen LogP contribution is -2.35. The highest BCUT2D eigenvalue weighted by atomic mass is 35.5. The Labute approximate surface area is 228 Å². The van der Waals surface area contributed by atoms with Gasteiger partial charge in [-0.1, -0.05) is 29.8 Å². The standard InChI is InChI=1S/C28H35ClN4O5/c1-7-38-28(35)26-23(15-37-13-12-30-14-22-18(4)31-16(2)17(3)32-22)33-19(5)24(27(34)36-6)25(26)20-10-8-9-11-21(20)29/h8-11,25,30,33H,7,12-15H2,1-6H3.